The summed E-state index contributed by atoms with van der Waals surface area (Å²) in [5.74, 6) is -0.768. The van der Waals surface area contributed by atoms with Crippen LogP contribution in [0.2, 0.25) is 0 Å². The van der Waals surface area contributed by atoms with Crippen LogP contribution in [0.15, 0.2) is 48.5 Å². The lowest BCUT2D eigenvalue weighted by Gasteiger charge is -2.33. The van der Waals surface area contributed by atoms with Crippen molar-refractivity contribution in [2.24, 2.45) is 0 Å². The molecule has 2 amide bonds. The summed E-state index contributed by atoms with van der Waals surface area (Å²) in [4.78, 5) is 31.3. The number of carbonyl (C=O) groups excluding carboxylic acids is 2. The summed E-state index contributed by atoms with van der Waals surface area (Å²) in [7, 11) is 0. The maximum atomic E-state index is 14.7. The molecule has 2 aromatic carbocycles. The number of β-amino-alcohol motifs (C(OH)–C–C–N with tert-alkyl or cyclic N) is 1. The van der Waals surface area contributed by atoms with Crippen LogP contribution in [-0.2, 0) is 4.74 Å². The van der Waals surface area contributed by atoms with E-state index in [1.54, 1.807) is 37.8 Å². The number of hydrogen-bond donors (Lipinski definition) is 2. The van der Waals surface area contributed by atoms with Crippen LogP contribution in [-0.4, -0.2) is 65.9 Å². The first-order chi connectivity index (χ1) is 20.0. The SMILES string of the molecule is CC(C)(C)OC(=O)N[C@@H]1CCCN(C(=O)c2cc(-c3ccc(C#N)c(F)c3)c(-c3ccc(N4CC[C@H](O)C4)cc3)s2)C1. The van der Waals surface area contributed by atoms with Gasteiger partial charge in [0.25, 0.3) is 5.91 Å². The summed E-state index contributed by atoms with van der Waals surface area (Å²) in [6, 6.07) is 15.9. The fourth-order valence-corrected chi connectivity index (χ4v) is 6.56. The van der Waals surface area contributed by atoms with E-state index in [4.69, 9.17) is 4.74 Å². The van der Waals surface area contributed by atoms with Gasteiger partial charge in [-0.25, -0.2) is 9.18 Å². The molecule has 0 spiro atoms. The number of alkyl carbamates (subject to hydrolysis) is 1. The van der Waals surface area contributed by atoms with Gasteiger partial charge in [-0.15, -0.1) is 11.3 Å². The van der Waals surface area contributed by atoms with Gasteiger partial charge in [-0.2, -0.15) is 5.26 Å². The normalized spacial score (nSPS) is 19.0. The third-order valence-electron chi connectivity index (χ3n) is 7.43. The number of amides is 2. The van der Waals surface area contributed by atoms with Gasteiger partial charge in [0.15, 0.2) is 0 Å². The Balaban J connectivity index is 1.43. The van der Waals surface area contributed by atoms with Crippen molar-refractivity contribution >= 4 is 29.0 Å². The maximum Gasteiger partial charge on any atom is 0.407 e. The van der Waals surface area contributed by atoms with Crippen molar-refractivity contribution in [3.8, 4) is 27.6 Å². The second kappa shape index (κ2) is 12.1. The number of ether oxygens (including phenoxy) is 1. The molecule has 2 fully saturated rings. The van der Waals surface area contributed by atoms with E-state index in [9.17, 15) is 24.3 Å². The lowest BCUT2D eigenvalue weighted by atomic mass is 10.0. The first-order valence-electron chi connectivity index (χ1n) is 14.2. The summed E-state index contributed by atoms with van der Waals surface area (Å²) < 4.78 is 20.1. The summed E-state index contributed by atoms with van der Waals surface area (Å²) in [6.07, 6.45) is 1.39. The molecule has 5 rings (SSSR count). The summed E-state index contributed by atoms with van der Waals surface area (Å²) in [5.41, 5.74) is 2.51. The smallest absolute Gasteiger partial charge is 0.407 e. The minimum atomic E-state index is -0.616. The van der Waals surface area contributed by atoms with Crippen molar-refractivity contribution in [3.63, 3.8) is 0 Å². The predicted molar refractivity (Wildman–Crippen MR) is 161 cm³/mol. The molecule has 42 heavy (non-hydrogen) atoms. The Morgan fingerprint density at radius 2 is 1.81 bits per heavy atom. The molecule has 2 N–H and O–H groups in total. The van der Waals surface area contributed by atoms with Crippen LogP contribution in [0.1, 0.15) is 55.3 Å². The number of nitrogens with zero attached hydrogens (tertiary/aromatic N) is 3. The minimum Gasteiger partial charge on any atom is -0.444 e. The molecule has 0 unspecified atom stereocenters. The minimum absolute atomic E-state index is 0.0409. The van der Waals surface area contributed by atoms with Gasteiger partial charge in [0.05, 0.1) is 16.5 Å². The third kappa shape index (κ3) is 6.75. The number of aliphatic hydroxyl groups excluding tert-OH is 1. The van der Waals surface area contributed by atoms with E-state index in [1.165, 1.54) is 23.5 Å². The maximum absolute atomic E-state index is 14.7. The standard InChI is InChI=1S/C32H35FN4O4S/c1-32(2,3)41-31(40)35-23-5-4-13-37(18-23)30(39)28-16-26(21-6-7-22(17-34)27(33)15-21)29(42-28)20-8-10-24(11-9-20)36-14-12-25(38)19-36/h6-11,15-16,23,25,38H,4-5,12-14,18-19H2,1-3H3,(H,35,40)/t23-,25+/m1/s1. The fraction of sp³-hybridized carbons (Fsp3) is 0.406. The number of piperidine rings is 1. The van der Waals surface area contributed by atoms with Crippen LogP contribution in [0.3, 0.4) is 0 Å². The Labute approximate surface area is 249 Å². The molecule has 1 aromatic heterocycles. The van der Waals surface area contributed by atoms with Gasteiger partial charge < -0.3 is 25.0 Å². The molecule has 10 heteroatoms. The van der Waals surface area contributed by atoms with Crippen LogP contribution in [0.4, 0.5) is 14.9 Å². The van der Waals surface area contributed by atoms with Gasteiger partial charge in [0.2, 0.25) is 0 Å². The number of anilines is 1. The van der Waals surface area contributed by atoms with Crippen molar-refractivity contribution in [3.05, 3.63) is 64.8 Å². The number of rotatable bonds is 5. The Morgan fingerprint density at radius 3 is 2.45 bits per heavy atom. The third-order valence-corrected chi connectivity index (χ3v) is 8.60. The highest BCUT2D eigenvalue weighted by atomic mass is 32.1. The van der Waals surface area contributed by atoms with Crippen LogP contribution in [0, 0.1) is 17.1 Å². The van der Waals surface area contributed by atoms with Crippen molar-refractivity contribution in [2.45, 2.75) is 57.8 Å². The highest BCUT2D eigenvalue weighted by Gasteiger charge is 2.29. The van der Waals surface area contributed by atoms with Crippen LogP contribution in [0.5, 0.6) is 0 Å². The number of hydrogen-bond acceptors (Lipinski definition) is 7. The van der Waals surface area contributed by atoms with Crippen LogP contribution in [0.25, 0.3) is 21.6 Å². The Kier molecular flexibility index (Phi) is 8.53. The van der Waals surface area contributed by atoms with E-state index < -0.39 is 17.5 Å². The number of nitrogens with one attached hydrogen (secondary N) is 1. The van der Waals surface area contributed by atoms with Gasteiger partial charge in [0, 0.05) is 48.3 Å². The lowest BCUT2D eigenvalue weighted by Crippen LogP contribution is -2.50. The molecule has 3 heterocycles. The molecule has 0 radical (unpaired) electrons. The molecule has 2 aliphatic heterocycles. The second-order valence-electron chi connectivity index (χ2n) is 11.8. The quantitative estimate of drug-likeness (QED) is 0.390. The molecule has 220 valence electrons. The molecule has 3 aromatic rings. The second-order valence-corrected chi connectivity index (χ2v) is 12.9. The topological polar surface area (TPSA) is 106 Å². The Morgan fingerprint density at radius 1 is 1.07 bits per heavy atom. The van der Waals surface area contributed by atoms with E-state index in [2.05, 4.69) is 10.2 Å². The zero-order valence-electron chi connectivity index (χ0n) is 24.0. The monoisotopic (exact) mass is 590 g/mol. The molecular formula is C32H35FN4O4S. The number of aliphatic hydroxyl groups is 1. The van der Waals surface area contributed by atoms with Gasteiger partial charge in [-0.1, -0.05) is 18.2 Å². The van der Waals surface area contributed by atoms with Gasteiger partial charge >= 0.3 is 6.09 Å². The zero-order chi connectivity index (χ0) is 30.0. The van der Waals surface area contributed by atoms with Gasteiger partial charge in [-0.05, 0) is 81.5 Å². The van der Waals surface area contributed by atoms with Gasteiger partial charge in [0.1, 0.15) is 17.5 Å². The van der Waals surface area contributed by atoms with Gasteiger partial charge in [-0.3, -0.25) is 4.79 Å². The average Bonchev–Trinajstić information content (AvgIpc) is 3.59. The fourth-order valence-electron chi connectivity index (χ4n) is 5.41. The first-order valence-corrected chi connectivity index (χ1v) is 15.0. The zero-order valence-corrected chi connectivity index (χ0v) is 24.8. The molecule has 2 saturated heterocycles. The Hall–Kier alpha value is -3.94. The van der Waals surface area contributed by atoms with E-state index in [-0.39, 0.29) is 23.6 Å². The molecule has 0 saturated carbocycles. The molecule has 2 aliphatic rings. The summed E-state index contributed by atoms with van der Waals surface area (Å²) in [6.45, 7) is 7.72. The molecule has 0 aliphatic carbocycles. The molecule has 0 bridgehead atoms. The van der Waals surface area contributed by atoms with E-state index in [0.717, 1.165) is 41.9 Å². The number of likely N-dealkylation sites (tertiary alicyclic amines) is 1. The van der Waals surface area contributed by atoms with Crippen molar-refractivity contribution in [1.82, 2.24) is 10.2 Å². The van der Waals surface area contributed by atoms with E-state index >= 15 is 0 Å². The number of benzene rings is 2. The molecular weight excluding hydrogens is 555 g/mol. The summed E-state index contributed by atoms with van der Waals surface area (Å²) in [5, 5.41) is 22.0. The largest absolute Gasteiger partial charge is 0.444 e. The van der Waals surface area contributed by atoms with Crippen molar-refractivity contribution < 1.29 is 23.8 Å². The molecule has 2 atom stereocenters. The highest BCUT2D eigenvalue weighted by molar-refractivity contribution is 7.18. The number of halogens is 1. The number of nitriles is 1. The van der Waals surface area contributed by atoms with Crippen LogP contribution < -0.4 is 10.2 Å². The van der Waals surface area contributed by atoms with Crippen LogP contribution >= 0.6 is 11.3 Å². The van der Waals surface area contributed by atoms with E-state index in [1.807, 2.05) is 30.3 Å². The lowest BCUT2D eigenvalue weighted by molar-refractivity contribution is 0.0453. The first kappa shape index (κ1) is 29.5. The van der Waals surface area contributed by atoms with Crippen molar-refractivity contribution in [1.29, 1.82) is 5.26 Å². The van der Waals surface area contributed by atoms with Crippen molar-refractivity contribution in [2.75, 3.05) is 31.1 Å². The summed E-state index contributed by atoms with van der Waals surface area (Å²) >= 11 is 1.34. The Bertz CT molecular complexity index is 1510. The number of thiophene rings is 1. The molecule has 8 nitrogen and oxygen atoms in total. The predicted octanol–water partition coefficient (Wildman–Crippen LogP) is 5.79. The number of carbonyl (C=O) groups is 2. The average molecular weight is 591 g/mol. The highest BCUT2D eigenvalue weighted by Crippen LogP contribution is 2.41. The van der Waals surface area contributed by atoms with E-state index in [0.29, 0.717) is 35.6 Å².